The fourth-order valence-electron chi connectivity index (χ4n) is 4.30. The van der Waals surface area contributed by atoms with Crippen molar-refractivity contribution in [3.63, 3.8) is 0 Å². The number of rotatable bonds is 4. The van der Waals surface area contributed by atoms with Gasteiger partial charge in [-0.05, 0) is 25.8 Å². The Bertz CT molecular complexity index is 1350. The van der Waals surface area contributed by atoms with Crippen LogP contribution >= 0.6 is 11.3 Å². The van der Waals surface area contributed by atoms with Crippen molar-refractivity contribution in [3.05, 3.63) is 81.3 Å². The van der Waals surface area contributed by atoms with Crippen LogP contribution in [0.1, 0.15) is 59.3 Å². The summed E-state index contributed by atoms with van der Waals surface area (Å²) in [6.07, 6.45) is 0.545. The maximum atomic E-state index is 13.0. The number of nitrogens with two attached hydrogens (primary N) is 1. The molecule has 5 rings (SSSR count). The average molecular weight is 533 g/mol. The lowest BCUT2D eigenvalue weighted by Gasteiger charge is -2.21. The highest BCUT2D eigenvalue weighted by Gasteiger charge is 2.28. The van der Waals surface area contributed by atoms with Crippen LogP contribution in [0.15, 0.2) is 64.6 Å². The van der Waals surface area contributed by atoms with E-state index in [2.05, 4.69) is 20.3 Å². The van der Waals surface area contributed by atoms with E-state index in [1.54, 1.807) is 11.3 Å². The molecule has 38 heavy (non-hydrogen) atoms. The Balaban J connectivity index is 0.00000164. The number of amidine groups is 1. The van der Waals surface area contributed by atoms with Gasteiger partial charge >= 0.3 is 0 Å². The van der Waals surface area contributed by atoms with Crippen molar-refractivity contribution in [1.82, 2.24) is 4.98 Å². The van der Waals surface area contributed by atoms with Crippen LogP contribution in [0.5, 0.6) is 0 Å². The van der Waals surface area contributed by atoms with E-state index >= 15 is 0 Å². The van der Waals surface area contributed by atoms with Gasteiger partial charge in [0.2, 0.25) is 12.1 Å². The first-order valence-corrected chi connectivity index (χ1v) is 13.5. The molecule has 198 valence electrons. The Morgan fingerprint density at radius 1 is 1.13 bits per heavy atom. The van der Waals surface area contributed by atoms with Gasteiger partial charge in [0.05, 0.1) is 16.4 Å². The number of ether oxygens (including phenoxy) is 2. The molecular formula is C28H32N6O3S. The van der Waals surface area contributed by atoms with E-state index in [0.717, 1.165) is 33.9 Å². The summed E-state index contributed by atoms with van der Waals surface area (Å²) >= 11 is 1.55. The number of aliphatic imine (C=N–C) groups is 2. The van der Waals surface area contributed by atoms with Gasteiger partial charge in [-0.3, -0.25) is 10.2 Å². The fraction of sp³-hybridized carbons (Fsp3) is 0.321. The van der Waals surface area contributed by atoms with Gasteiger partial charge in [0.25, 0.3) is 11.9 Å². The third kappa shape index (κ3) is 6.15. The number of fused-ring (bicyclic) bond motifs is 1. The number of carbonyl (C=O) groups is 1. The van der Waals surface area contributed by atoms with E-state index in [9.17, 15) is 4.79 Å². The molecule has 4 N–H and O–H groups in total. The number of para-hydroxylation sites is 1. The minimum Gasteiger partial charge on any atom is -0.405 e. The number of hydrogen-bond acceptors (Lipinski definition) is 8. The van der Waals surface area contributed by atoms with Crippen molar-refractivity contribution < 1.29 is 14.3 Å². The number of benzene rings is 2. The molecule has 0 aliphatic carbocycles. The molecule has 3 heterocycles. The van der Waals surface area contributed by atoms with Crippen molar-refractivity contribution in [2.75, 3.05) is 18.5 Å². The number of nitrogens with zero attached hydrogens (tertiary/aromatic N) is 3. The van der Waals surface area contributed by atoms with Crippen LogP contribution in [0, 0.1) is 12.3 Å². The second-order valence-electron chi connectivity index (χ2n) is 8.48. The molecular weight excluding hydrogens is 500 g/mol. The minimum absolute atomic E-state index is 0.202. The second-order valence-corrected chi connectivity index (χ2v) is 9.72. The molecule has 0 radical (unpaired) electrons. The first-order valence-electron chi connectivity index (χ1n) is 12.7. The van der Waals surface area contributed by atoms with Crippen LogP contribution in [0.2, 0.25) is 0 Å². The van der Waals surface area contributed by atoms with Gasteiger partial charge in [0, 0.05) is 35.1 Å². The predicted molar refractivity (Wildman–Crippen MR) is 151 cm³/mol. The normalized spacial score (nSPS) is 17.8. The second kappa shape index (κ2) is 12.6. The monoisotopic (exact) mass is 532 g/mol. The lowest BCUT2D eigenvalue weighted by Crippen LogP contribution is -2.29. The topological polar surface area (TPSA) is 135 Å². The summed E-state index contributed by atoms with van der Waals surface area (Å²) in [5.41, 5.74) is 9.39. The number of benzodiazepines with no additional fused rings is 1. The van der Waals surface area contributed by atoms with Gasteiger partial charge in [-0.1, -0.05) is 62.4 Å². The Labute approximate surface area is 226 Å². The summed E-state index contributed by atoms with van der Waals surface area (Å²) in [6, 6.07) is 16.7. The standard InChI is InChI=1S/C26H26N6O3S.C2H6/c1-15-29-21(22(36-15)17-11-13-34-14-12-17)23(27)35-26(28)32-24-25(33)30-19-10-6-5-9-18(19)20(31-24)16-7-3-2-4-8-16;1-2/h2-10,17,24,27H,11-14H2,1H3,(H2,28,32)(H,30,33);1-2H3. The highest BCUT2D eigenvalue weighted by atomic mass is 32.1. The Kier molecular flexibility index (Phi) is 8.98. The average Bonchev–Trinajstić information content (AvgIpc) is 3.29. The molecule has 2 aliphatic rings. The molecule has 0 bridgehead atoms. The van der Waals surface area contributed by atoms with Gasteiger partial charge < -0.3 is 20.5 Å². The van der Waals surface area contributed by atoms with Crippen LogP contribution in [-0.2, 0) is 14.3 Å². The van der Waals surface area contributed by atoms with Crippen LogP contribution < -0.4 is 11.1 Å². The zero-order valence-corrected chi connectivity index (χ0v) is 22.5. The van der Waals surface area contributed by atoms with Gasteiger partial charge in [0.1, 0.15) is 5.69 Å². The van der Waals surface area contributed by atoms with Gasteiger partial charge in [-0.15, -0.1) is 11.3 Å². The van der Waals surface area contributed by atoms with Crippen molar-refractivity contribution in [3.8, 4) is 0 Å². The summed E-state index contributed by atoms with van der Waals surface area (Å²) in [5.74, 6) is -0.392. The quantitative estimate of drug-likeness (QED) is 0.326. The molecule has 0 spiro atoms. The van der Waals surface area contributed by atoms with Crippen LogP contribution in [0.25, 0.3) is 0 Å². The zero-order valence-electron chi connectivity index (χ0n) is 21.7. The predicted octanol–water partition coefficient (Wildman–Crippen LogP) is 4.84. The van der Waals surface area contributed by atoms with Crippen molar-refractivity contribution >= 4 is 40.6 Å². The molecule has 10 heteroatoms. The Hall–Kier alpha value is -3.89. The summed E-state index contributed by atoms with van der Waals surface area (Å²) in [4.78, 5) is 27.4. The molecule has 9 nitrogen and oxygen atoms in total. The molecule has 1 unspecified atom stereocenters. The lowest BCUT2D eigenvalue weighted by molar-refractivity contribution is -0.117. The van der Waals surface area contributed by atoms with E-state index in [4.69, 9.17) is 20.6 Å². The Morgan fingerprint density at radius 3 is 2.55 bits per heavy atom. The lowest BCUT2D eigenvalue weighted by atomic mass is 9.97. The zero-order chi connectivity index (χ0) is 27.1. The van der Waals surface area contributed by atoms with Crippen molar-refractivity contribution in [2.45, 2.75) is 45.7 Å². The smallest absolute Gasteiger partial charge is 0.291 e. The number of nitrogens with one attached hydrogen (secondary N) is 2. The first kappa shape index (κ1) is 27.2. The summed E-state index contributed by atoms with van der Waals surface area (Å²) < 4.78 is 11.0. The number of aryl methyl sites for hydroxylation is 1. The molecule has 2 aromatic carbocycles. The van der Waals surface area contributed by atoms with Crippen LogP contribution in [0.3, 0.4) is 0 Å². The maximum Gasteiger partial charge on any atom is 0.291 e. The van der Waals surface area contributed by atoms with E-state index in [1.165, 1.54) is 0 Å². The third-order valence-electron chi connectivity index (χ3n) is 6.00. The van der Waals surface area contributed by atoms with Gasteiger partial charge in [-0.2, -0.15) is 4.99 Å². The molecule has 1 atom stereocenters. The largest absolute Gasteiger partial charge is 0.405 e. The summed E-state index contributed by atoms with van der Waals surface area (Å²) in [6.45, 7) is 7.26. The van der Waals surface area contributed by atoms with Crippen molar-refractivity contribution in [2.24, 2.45) is 15.7 Å². The highest BCUT2D eigenvalue weighted by Crippen LogP contribution is 2.34. The molecule has 3 aromatic rings. The van der Waals surface area contributed by atoms with Crippen LogP contribution in [-0.4, -0.2) is 47.9 Å². The van der Waals surface area contributed by atoms with Crippen LogP contribution in [0.4, 0.5) is 5.69 Å². The minimum atomic E-state index is -1.19. The molecule has 1 aromatic heterocycles. The number of anilines is 1. The molecule has 1 saturated heterocycles. The first-order chi connectivity index (χ1) is 18.5. The van der Waals surface area contributed by atoms with Gasteiger partial charge in [0.15, 0.2) is 0 Å². The number of aromatic nitrogens is 1. The number of hydrogen-bond donors (Lipinski definition) is 3. The van der Waals surface area contributed by atoms with Gasteiger partial charge in [-0.25, -0.2) is 9.98 Å². The number of thiazole rings is 1. The number of amides is 1. The maximum absolute atomic E-state index is 13.0. The SMILES string of the molecule is CC.Cc1nc(C(=N)O/C(N)=N/C2N=C(c3ccccc3)c3ccccc3NC2=O)c(C2CCOCC2)s1. The van der Waals surface area contributed by atoms with Crippen molar-refractivity contribution in [1.29, 1.82) is 5.41 Å². The highest BCUT2D eigenvalue weighted by molar-refractivity contribution is 7.12. The molecule has 0 saturated carbocycles. The summed E-state index contributed by atoms with van der Waals surface area (Å²) in [7, 11) is 0. The van der Waals surface area contributed by atoms with E-state index in [-0.39, 0.29) is 17.8 Å². The summed E-state index contributed by atoms with van der Waals surface area (Å²) in [5, 5.41) is 12.2. The van der Waals surface area contributed by atoms with E-state index < -0.39 is 12.1 Å². The van der Waals surface area contributed by atoms with E-state index in [1.807, 2.05) is 75.4 Å². The molecule has 2 aliphatic heterocycles. The fourth-order valence-corrected chi connectivity index (χ4v) is 5.39. The third-order valence-corrected chi connectivity index (χ3v) is 7.13. The molecule has 1 fully saturated rings. The Morgan fingerprint density at radius 2 is 1.82 bits per heavy atom. The number of carbonyl (C=O) groups excluding carboxylic acids is 1. The van der Waals surface area contributed by atoms with E-state index in [0.29, 0.717) is 30.3 Å². The molecule has 1 amide bonds.